The third kappa shape index (κ3) is 4.92. The number of ether oxygens (including phenoxy) is 1. The molecular weight excluding hydrogens is 412 g/mol. The van der Waals surface area contributed by atoms with E-state index in [4.69, 9.17) is 16.3 Å². The fourth-order valence-electron chi connectivity index (χ4n) is 3.06. The lowest BCUT2D eigenvalue weighted by Crippen LogP contribution is -2.17. The van der Waals surface area contributed by atoms with Crippen LogP contribution >= 0.6 is 11.6 Å². The molecule has 1 heterocycles. The van der Waals surface area contributed by atoms with Gasteiger partial charge >= 0.3 is 0 Å². The van der Waals surface area contributed by atoms with Crippen molar-refractivity contribution in [2.24, 2.45) is 5.10 Å². The number of hydrogen-bond acceptors (Lipinski definition) is 4. The molecule has 31 heavy (non-hydrogen) atoms. The molecule has 0 saturated carbocycles. The van der Waals surface area contributed by atoms with E-state index in [0.29, 0.717) is 16.3 Å². The molecule has 0 atom stereocenters. The molecule has 156 valence electrons. The molecule has 6 nitrogen and oxygen atoms in total. The molecule has 2 N–H and O–H groups in total. The second-order valence-electron chi connectivity index (χ2n) is 7.24. The minimum Gasteiger partial charge on any atom is -0.489 e. The Balaban J connectivity index is 1.45. The summed E-state index contributed by atoms with van der Waals surface area (Å²) in [5, 5.41) is 4.52. The van der Waals surface area contributed by atoms with Gasteiger partial charge in [-0.05, 0) is 55.8 Å². The molecule has 7 heteroatoms. The topological polar surface area (TPSA) is 79.4 Å². The number of carbonyl (C=O) groups excluding carboxylic acids is 1. The molecule has 0 spiro atoms. The standard InChI is InChI=1S/C24H21ClN4O2/c1-15(2)31-22-11-8-16(12-19(22)25)14-26-29-24(30)18-9-10-20-21(13-18)28-23(27-20)17-6-4-3-5-7-17/h3-15H,1-2H3,(H,27,28)(H,29,30)/b26-14+. The largest absolute Gasteiger partial charge is 0.489 e. The van der Waals surface area contributed by atoms with E-state index in [9.17, 15) is 4.79 Å². The van der Waals surface area contributed by atoms with Gasteiger partial charge in [0.2, 0.25) is 0 Å². The summed E-state index contributed by atoms with van der Waals surface area (Å²) in [4.78, 5) is 20.3. The lowest BCUT2D eigenvalue weighted by molar-refractivity contribution is 0.0955. The molecule has 4 aromatic rings. The van der Waals surface area contributed by atoms with Gasteiger partial charge in [-0.3, -0.25) is 4.79 Å². The second-order valence-corrected chi connectivity index (χ2v) is 7.65. The van der Waals surface area contributed by atoms with Crippen molar-refractivity contribution in [1.29, 1.82) is 0 Å². The summed E-state index contributed by atoms with van der Waals surface area (Å²) in [6.45, 7) is 3.87. The number of amides is 1. The van der Waals surface area contributed by atoms with Gasteiger partial charge in [-0.15, -0.1) is 0 Å². The lowest BCUT2D eigenvalue weighted by Gasteiger charge is -2.11. The Morgan fingerprint density at radius 1 is 1.13 bits per heavy atom. The van der Waals surface area contributed by atoms with E-state index in [1.165, 1.54) is 6.21 Å². The van der Waals surface area contributed by atoms with E-state index in [1.807, 2.05) is 56.3 Å². The average Bonchev–Trinajstić information content (AvgIpc) is 3.19. The van der Waals surface area contributed by atoms with Crippen LogP contribution in [0.2, 0.25) is 5.02 Å². The summed E-state index contributed by atoms with van der Waals surface area (Å²) in [7, 11) is 0. The molecule has 0 bridgehead atoms. The minimum atomic E-state index is -0.320. The van der Waals surface area contributed by atoms with Crippen LogP contribution in [0.25, 0.3) is 22.4 Å². The first-order chi connectivity index (χ1) is 15.0. The van der Waals surface area contributed by atoms with Crippen LogP contribution in [0.15, 0.2) is 71.8 Å². The molecule has 3 aromatic carbocycles. The van der Waals surface area contributed by atoms with E-state index in [1.54, 1.807) is 24.3 Å². The van der Waals surface area contributed by atoms with Gasteiger partial charge < -0.3 is 9.72 Å². The van der Waals surface area contributed by atoms with Gasteiger partial charge in [0.1, 0.15) is 11.6 Å². The first kappa shape index (κ1) is 20.6. The Labute approximate surface area is 184 Å². The van der Waals surface area contributed by atoms with Crippen molar-refractivity contribution in [1.82, 2.24) is 15.4 Å². The Morgan fingerprint density at radius 2 is 1.94 bits per heavy atom. The van der Waals surface area contributed by atoms with Gasteiger partial charge in [0.05, 0.1) is 28.4 Å². The Kier molecular flexibility index (Phi) is 6.00. The van der Waals surface area contributed by atoms with Crippen molar-refractivity contribution in [2.45, 2.75) is 20.0 Å². The molecular formula is C24H21ClN4O2. The highest BCUT2D eigenvalue weighted by Gasteiger charge is 2.10. The number of rotatable bonds is 6. The van der Waals surface area contributed by atoms with Crippen molar-refractivity contribution in [3.63, 3.8) is 0 Å². The van der Waals surface area contributed by atoms with Crippen molar-refractivity contribution in [3.05, 3.63) is 82.9 Å². The second kappa shape index (κ2) is 9.02. The smallest absolute Gasteiger partial charge is 0.271 e. The summed E-state index contributed by atoms with van der Waals surface area (Å²) in [5.41, 5.74) is 6.32. The van der Waals surface area contributed by atoms with Crippen LogP contribution < -0.4 is 10.2 Å². The van der Waals surface area contributed by atoms with Gasteiger partial charge in [0.25, 0.3) is 5.91 Å². The average molecular weight is 433 g/mol. The number of imidazole rings is 1. The zero-order valence-electron chi connectivity index (χ0n) is 17.1. The number of nitrogens with zero attached hydrogens (tertiary/aromatic N) is 2. The van der Waals surface area contributed by atoms with Crippen LogP contribution in [0, 0.1) is 0 Å². The van der Waals surface area contributed by atoms with Crippen LogP contribution in [0.3, 0.4) is 0 Å². The van der Waals surface area contributed by atoms with Crippen molar-refractivity contribution in [3.8, 4) is 17.1 Å². The van der Waals surface area contributed by atoms with Gasteiger partial charge in [-0.25, -0.2) is 10.4 Å². The van der Waals surface area contributed by atoms with Crippen LogP contribution in [0.4, 0.5) is 0 Å². The summed E-state index contributed by atoms with van der Waals surface area (Å²) >= 11 is 6.23. The number of halogens is 1. The Hall–Kier alpha value is -3.64. The minimum absolute atomic E-state index is 0.0345. The summed E-state index contributed by atoms with van der Waals surface area (Å²) in [6.07, 6.45) is 1.57. The summed E-state index contributed by atoms with van der Waals surface area (Å²) in [6, 6.07) is 20.4. The molecule has 0 aliphatic carbocycles. The maximum Gasteiger partial charge on any atom is 0.271 e. The van der Waals surface area contributed by atoms with E-state index in [-0.39, 0.29) is 12.0 Å². The number of benzene rings is 3. The monoisotopic (exact) mass is 432 g/mol. The molecule has 0 aliphatic heterocycles. The van der Waals surface area contributed by atoms with E-state index >= 15 is 0 Å². The van der Waals surface area contributed by atoms with Gasteiger partial charge in [0.15, 0.2) is 0 Å². The normalized spacial score (nSPS) is 11.4. The Morgan fingerprint density at radius 3 is 2.68 bits per heavy atom. The van der Waals surface area contributed by atoms with E-state index in [0.717, 1.165) is 28.0 Å². The molecule has 0 saturated heterocycles. The highest BCUT2D eigenvalue weighted by molar-refractivity contribution is 6.32. The molecule has 0 aliphatic rings. The number of aromatic amines is 1. The van der Waals surface area contributed by atoms with Crippen molar-refractivity contribution in [2.75, 3.05) is 0 Å². The molecule has 1 aromatic heterocycles. The molecule has 0 fully saturated rings. The highest BCUT2D eigenvalue weighted by atomic mass is 35.5. The Bertz CT molecular complexity index is 1250. The third-order valence-corrected chi connectivity index (χ3v) is 4.78. The van der Waals surface area contributed by atoms with Crippen LogP contribution in [-0.2, 0) is 0 Å². The number of hydrazone groups is 1. The van der Waals surface area contributed by atoms with Gasteiger partial charge in [0, 0.05) is 11.1 Å². The predicted octanol–water partition coefficient (Wildman–Crippen LogP) is 5.43. The number of H-pyrrole nitrogens is 1. The summed E-state index contributed by atoms with van der Waals surface area (Å²) < 4.78 is 5.61. The van der Waals surface area contributed by atoms with E-state index < -0.39 is 0 Å². The van der Waals surface area contributed by atoms with Crippen LogP contribution in [0.1, 0.15) is 29.8 Å². The number of carbonyl (C=O) groups is 1. The number of hydrogen-bond donors (Lipinski definition) is 2. The maximum atomic E-state index is 12.5. The fourth-order valence-corrected chi connectivity index (χ4v) is 3.29. The van der Waals surface area contributed by atoms with E-state index in [2.05, 4.69) is 20.5 Å². The van der Waals surface area contributed by atoms with Crippen LogP contribution in [0.5, 0.6) is 5.75 Å². The van der Waals surface area contributed by atoms with Crippen molar-refractivity contribution >= 4 is 34.8 Å². The summed E-state index contributed by atoms with van der Waals surface area (Å²) in [5.74, 6) is 1.05. The highest BCUT2D eigenvalue weighted by Crippen LogP contribution is 2.26. The first-order valence-electron chi connectivity index (χ1n) is 9.84. The molecule has 0 unspecified atom stereocenters. The molecule has 1 amide bonds. The third-order valence-electron chi connectivity index (χ3n) is 4.49. The predicted molar refractivity (Wildman–Crippen MR) is 124 cm³/mol. The fraction of sp³-hybridized carbons (Fsp3) is 0.125. The maximum absolute atomic E-state index is 12.5. The quantitative estimate of drug-likeness (QED) is 0.314. The SMILES string of the molecule is CC(C)Oc1ccc(/C=N/NC(=O)c2ccc3nc(-c4ccccc4)[nH]c3c2)cc1Cl. The van der Waals surface area contributed by atoms with Gasteiger partial charge in [-0.1, -0.05) is 41.9 Å². The van der Waals surface area contributed by atoms with Gasteiger partial charge in [-0.2, -0.15) is 5.10 Å². The number of nitrogens with one attached hydrogen (secondary N) is 2. The van der Waals surface area contributed by atoms with Crippen LogP contribution in [-0.4, -0.2) is 28.2 Å². The number of aromatic nitrogens is 2. The first-order valence-corrected chi connectivity index (χ1v) is 10.2. The lowest BCUT2D eigenvalue weighted by atomic mass is 10.2. The zero-order chi connectivity index (χ0) is 21.8. The van der Waals surface area contributed by atoms with Crippen molar-refractivity contribution < 1.29 is 9.53 Å². The molecule has 0 radical (unpaired) electrons. The molecule has 4 rings (SSSR count). The zero-order valence-corrected chi connectivity index (χ0v) is 17.9. The number of fused-ring (bicyclic) bond motifs is 1.